The number of hydrogen-bond donors (Lipinski definition) is 1. The van der Waals surface area contributed by atoms with Crippen molar-refractivity contribution in [3.05, 3.63) is 95.0 Å². The van der Waals surface area contributed by atoms with E-state index in [9.17, 15) is 9.59 Å². The van der Waals surface area contributed by atoms with Gasteiger partial charge in [-0.25, -0.2) is 4.79 Å². The van der Waals surface area contributed by atoms with Crippen LogP contribution in [0.4, 0.5) is 5.69 Å². The van der Waals surface area contributed by atoms with Crippen molar-refractivity contribution in [2.24, 2.45) is 0 Å². The first kappa shape index (κ1) is 20.4. The fraction of sp³-hybridized carbons (Fsp3) is 0.130. The van der Waals surface area contributed by atoms with E-state index in [-0.39, 0.29) is 0 Å². The van der Waals surface area contributed by atoms with Crippen molar-refractivity contribution >= 4 is 29.2 Å². The third-order valence-corrected chi connectivity index (χ3v) is 4.34. The Hall–Kier alpha value is -3.31. The van der Waals surface area contributed by atoms with Gasteiger partial charge in [0.2, 0.25) is 6.10 Å². The van der Waals surface area contributed by atoms with E-state index in [0.717, 1.165) is 0 Å². The van der Waals surface area contributed by atoms with E-state index in [4.69, 9.17) is 21.1 Å². The number of para-hydroxylation sites is 2. The summed E-state index contributed by atoms with van der Waals surface area (Å²) in [5.41, 5.74) is 1.36. The molecule has 0 heterocycles. The first-order valence-electron chi connectivity index (χ1n) is 9.12. The largest absolute Gasteiger partial charge is 0.492 e. The van der Waals surface area contributed by atoms with Crippen LogP contribution in [0.2, 0.25) is 5.02 Å². The lowest BCUT2D eigenvalue weighted by Crippen LogP contribution is -2.26. The summed E-state index contributed by atoms with van der Waals surface area (Å²) in [7, 11) is 0. The third kappa shape index (κ3) is 5.36. The van der Waals surface area contributed by atoms with Gasteiger partial charge in [-0.1, -0.05) is 54.1 Å². The van der Waals surface area contributed by atoms with Gasteiger partial charge >= 0.3 is 5.97 Å². The van der Waals surface area contributed by atoms with Crippen molar-refractivity contribution in [3.63, 3.8) is 0 Å². The molecule has 0 saturated heterocycles. The van der Waals surface area contributed by atoms with E-state index in [1.807, 2.05) is 19.1 Å². The van der Waals surface area contributed by atoms with E-state index < -0.39 is 18.0 Å². The van der Waals surface area contributed by atoms with Crippen molar-refractivity contribution < 1.29 is 19.1 Å². The number of hydrogen-bond acceptors (Lipinski definition) is 4. The molecule has 1 atom stereocenters. The van der Waals surface area contributed by atoms with Crippen molar-refractivity contribution in [1.82, 2.24) is 0 Å². The van der Waals surface area contributed by atoms with Crippen LogP contribution < -0.4 is 10.1 Å². The number of ether oxygens (including phenoxy) is 2. The molecular formula is C23H20ClNO4. The van der Waals surface area contributed by atoms with Crippen LogP contribution in [0.25, 0.3) is 0 Å². The van der Waals surface area contributed by atoms with Crippen LogP contribution >= 0.6 is 11.6 Å². The van der Waals surface area contributed by atoms with Crippen LogP contribution in [-0.4, -0.2) is 18.5 Å². The molecule has 3 aromatic carbocycles. The summed E-state index contributed by atoms with van der Waals surface area (Å²) in [6.07, 6.45) is -1.13. The van der Waals surface area contributed by atoms with E-state index in [1.165, 1.54) is 0 Å². The fourth-order valence-electron chi connectivity index (χ4n) is 2.71. The second kappa shape index (κ2) is 9.75. The summed E-state index contributed by atoms with van der Waals surface area (Å²) in [5.74, 6) is -0.561. The van der Waals surface area contributed by atoms with Gasteiger partial charge in [-0.15, -0.1) is 0 Å². The number of carbonyl (C=O) groups is 2. The molecule has 0 aliphatic carbocycles. The number of anilines is 1. The molecule has 0 aromatic heterocycles. The molecular weight excluding hydrogens is 390 g/mol. The number of halogens is 1. The zero-order valence-corrected chi connectivity index (χ0v) is 16.6. The highest BCUT2D eigenvalue weighted by atomic mass is 35.5. The minimum absolute atomic E-state index is 0.304. The van der Waals surface area contributed by atoms with Crippen molar-refractivity contribution in [2.75, 3.05) is 11.9 Å². The van der Waals surface area contributed by atoms with Crippen LogP contribution in [0.1, 0.15) is 28.9 Å². The van der Waals surface area contributed by atoms with Gasteiger partial charge in [-0.3, -0.25) is 4.79 Å². The Morgan fingerprint density at radius 3 is 2.28 bits per heavy atom. The Bertz CT molecular complexity index is 974. The number of esters is 1. The lowest BCUT2D eigenvalue weighted by Gasteiger charge is -2.19. The lowest BCUT2D eigenvalue weighted by molar-refractivity contribution is -0.125. The average Bonchev–Trinajstić information content (AvgIpc) is 2.74. The zero-order valence-electron chi connectivity index (χ0n) is 15.8. The van der Waals surface area contributed by atoms with Crippen LogP contribution in [0.15, 0.2) is 78.9 Å². The summed E-state index contributed by atoms with van der Waals surface area (Å²) in [5, 5.41) is 3.30. The van der Waals surface area contributed by atoms with Crippen LogP contribution in [-0.2, 0) is 9.53 Å². The Kier molecular flexibility index (Phi) is 6.87. The molecule has 29 heavy (non-hydrogen) atoms. The van der Waals surface area contributed by atoms with Crippen LogP contribution in [0.3, 0.4) is 0 Å². The summed E-state index contributed by atoms with van der Waals surface area (Å²) >= 11 is 5.87. The second-order valence-corrected chi connectivity index (χ2v) is 6.56. The number of carbonyl (C=O) groups excluding carboxylic acids is 2. The molecule has 0 unspecified atom stereocenters. The molecule has 1 amide bonds. The number of rotatable bonds is 7. The van der Waals surface area contributed by atoms with Gasteiger partial charge in [0.05, 0.1) is 17.9 Å². The molecule has 3 rings (SSSR count). The maximum Gasteiger partial charge on any atom is 0.339 e. The molecule has 5 nitrogen and oxygen atoms in total. The number of benzene rings is 3. The van der Waals surface area contributed by atoms with Gasteiger partial charge < -0.3 is 14.8 Å². The Morgan fingerprint density at radius 2 is 1.59 bits per heavy atom. The third-order valence-electron chi connectivity index (χ3n) is 4.09. The summed E-state index contributed by atoms with van der Waals surface area (Å²) in [6.45, 7) is 2.32. The van der Waals surface area contributed by atoms with E-state index in [2.05, 4.69) is 5.32 Å². The minimum Gasteiger partial charge on any atom is -0.492 e. The van der Waals surface area contributed by atoms with Gasteiger partial charge in [0.25, 0.3) is 5.91 Å². The topological polar surface area (TPSA) is 64.6 Å². The van der Waals surface area contributed by atoms with Crippen molar-refractivity contribution in [2.45, 2.75) is 13.0 Å². The molecule has 0 radical (unpaired) electrons. The molecule has 0 fully saturated rings. The summed E-state index contributed by atoms with van der Waals surface area (Å²) < 4.78 is 11.1. The molecule has 0 spiro atoms. The number of nitrogens with one attached hydrogen (secondary N) is 1. The normalized spacial score (nSPS) is 11.4. The Balaban J connectivity index is 1.85. The highest BCUT2D eigenvalue weighted by Crippen LogP contribution is 2.27. The maximum atomic E-state index is 13.0. The van der Waals surface area contributed by atoms with E-state index in [0.29, 0.717) is 34.2 Å². The Morgan fingerprint density at radius 1 is 0.931 bits per heavy atom. The van der Waals surface area contributed by atoms with Crippen molar-refractivity contribution in [3.8, 4) is 5.75 Å². The van der Waals surface area contributed by atoms with Gasteiger partial charge in [0, 0.05) is 10.6 Å². The summed E-state index contributed by atoms with van der Waals surface area (Å²) in [6, 6.07) is 22.2. The molecule has 0 aliphatic rings. The van der Waals surface area contributed by atoms with Crippen LogP contribution in [0, 0.1) is 0 Å². The second-order valence-electron chi connectivity index (χ2n) is 6.12. The first-order chi connectivity index (χ1) is 14.1. The Labute approximate surface area is 174 Å². The SMILES string of the molecule is CCOc1ccccc1NC(=O)[C@@H](OC(=O)c1ccc(Cl)cc1)c1ccccc1. The smallest absolute Gasteiger partial charge is 0.339 e. The molecule has 1 N–H and O–H groups in total. The first-order valence-corrected chi connectivity index (χ1v) is 9.50. The number of amides is 1. The quantitative estimate of drug-likeness (QED) is 0.539. The highest BCUT2D eigenvalue weighted by molar-refractivity contribution is 6.30. The molecule has 0 saturated carbocycles. The zero-order chi connectivity index (χ0) is 20.6. The molecule has 0 aliphatic heterocycles. The minimum atomic E-state index is -1.13. The van der Waals surface area contributed by atoms with Crippen LogP contribution in [0.5, 0.6) is 5.75 Å². The fourth-order valence-corrected chi connectivity index (χ4v) is 2.84. The van der Waals surface area contributed by atoms with Gasteiger partial charge in [-0.2, -0.15) is 0 Å². The standard InChI is InChI=1S/C23H20ClNO4/c1-2-28-20-11-7-6-10-19(20)25-22(26)21(16-8-4-3-5-9-16)29-23(27)17-12-14-18(24)15-13-17/h3-15,21H,2H2,1H3,(H,25,26)/t21-/m0/s1. The van der Waals surface area contributed by atoms with Gasteiger partial charge in [0.1, 0.15) is 5.75 Å². The van der Waals surface area contributed by atoms with Crippen molar-refractivity contribution in [1.29, 1.82) is 0 Å². The predicted molar refractivity (Wildman–Crippen MR) is 112 cm³/mol. The van der Waals surface area contributed by atoms with Gasteiger partial charge in [0.15, 0.2) is 0 Å². The predicted octanol–water partition coefficient (Wildman–Crippen LogP) is 5.28. The molecule has 0 bridgehead atoms. The molecule has 3 aromatic rings. The lowest BCUT2D eigenvalue weighted by atomic mass is 10.1. The van der Waals surface area contributed by atoms with E-state index in [1.54, 1.807) is 66.7 Å². The highest BCUT2D eigenvalue weighted by Gasteiger charge is 2.26. The average molecular weight is 410 g/mol. The molecule has 6 heteroatoms. The maximum absolute atomic E-state index is 13.0. The monoisotopic (exact) mass is 409 g/mol. The summed E-state index contributed by atoms with van der Waals surface area (Å²) in [4.78, 5) is 25.6. The van der Waals surface area contributed by atoms with Gasteiger partial charge in [-0.05, 0) is 43.3 Å². The molecule has 148 valence electrons. The van der Waals surface area contributed by atoms with E-state index >= 15 is 0 Å².